The molecule has 0 fully saturated rings. The van der Waals surface area contributed by atoms with Crippen LogP contribution in [0.1, 0.15) is 31.1 Å². The van der Waals surface area contributed by atoms with Crippen LogP contribution in [-0.2, 0) is 9.84 Å². The minimum absolute atomic E-state index is 0.0701. The highest BCUT2D eigenvalue weighted by Gasteiger charge is 2.15. The summed E-state index contributed by atoms with van der Waals surface area (Å²) in [5, 5.41) is 10.0. The normalized spacial score (nSPS) is 16.0. The molecule has 2 unspecified atom stereocenters. The van der Waals surface area contributed by atoms with E-state index in [9.17, 15) is 8.42 Å². The summed E-state index contributed by atoms with van der Waals surface area (Å²) >= 11 is 0. The van der Waals surface area contributed by atoms with E-state index in [1.165, 1.54) is 6.26 Å². The number of nitrogens with one attached hydrogen (secondary N) is 2. The molecular weight excluding hydrogens is 226 g/mol. The van der Waals surface area contributed by atoms with Gasteiger partial charge >= 0.3 is 0 Å². The smallest absolute Gasteiger partial charge is 0.148 e. The summed E-state index contributed by atoms with van der Waals surface area (Å²) in [7, 11) is -2.93. The molecule has 92 valence electrons. The van der Waals surface area contributed by atoms with Gasteiger partial charge in [-0.15, -0.1) is 0 Å². The van der Waals surface area contributed by atoms with Crippen molar-refractivity contribution in [1.29, 1.82) is 0 Å². The van der Waals surface area contributed by atoms with E-state index in [1.807, 2.05) is 20.8 Å². The van der Waals surface area contributed by atoms with Crippen molar-refractivity contribution in [1.82, 2.24) is 15.5 Å². The van der Waals surface area contributed by atoms with Gasteiger partial charge < -0.3 is 5.32 Å². The molecule has 1 heterocycles. The quantitative estimate of drug-likeness (QED) is 0.804. The Hall–Kier alpha value is -0.880. The topological polar surface area (TPSA) is 74.8 Å². The summed E-state index contributed by atoms with van der Waals surface area (Å²) in [4.78, 5) is 0. The van der Waals surface area contributed by atoms with Gasteiger partial charge in [0.15, 0.2) is 0 Å². The lowest BCUT2D eigenvalue weighted by Crippen LogP contribution is -2.34. The second-order valence-electron chi connectivity index (χ2n) is 4.33. The summed E-state index contributed by atoms with van der Waals surface area (Å²) in [6, 6.07) is 0.0230. The van der Waals surface area contributed by atoms with Crippen LogP contribution in [0.3, 0.4) is 0 Å². The van der Waals surface area contributed by atoms with Gasteiger partial charge in [-0.1, -0.05) is 0 Å². The molecule has 0 saturated carbocycles. The molecule has 0 amide bonds. The van der Waals surface area contributed by atoms with Crippen molar-refractivity contribution in [2.45, 2.75) is 32.9 Å². The number of nitrogens with zero attached hydrogens (tertiary/aromatic N) is 1. The van der Waals surface area contributed by atoms with Crippen LogP contribution in [0.5, 0.6) is 0 Å². The van der Waals surface area contributed by atoms with E-state index in [1.54, 1.807) is 6.20 Å². The first-order valence-corrected chi connectivity index (χ1v) is 7.29. The van der Waals surface area contributed by atoms with Crippen molar-refractivity contribution in [3.05, 3.63) is 17.5 Å². The van der Waals surface area contributed by atoms with E-state index in [2.05, 4.69) is 15.5 Å². The third-order valence-corrected chi connectivity index (χ3v) is 3.53. The van der Waals surface area contributed by atoms with Crippen LogP contribution in [0.15, 0.2) is 6.20 Å². The fourth-order valence-corrected chi connectivity index (χ4v) is 2.82. The lowest BCUT2D eigenvalue weighted by Gasteiger charge is -2.19. The SMILES string of the molecule is Cc1[nH]ncc1C(C)NC(C)CS(C)(=O)=O. The van der Waals surface area contributed by atoms with Crippen molar-refractivity contribution in [2.75, 3.05) is 12.0 Å². The van der Waals surface area contributed by atoms with Crippen molar-refractivity contribution < 1.29 is 8.42 Å². The molecule has 2 N–H and O–H groups in total. The summed E-state index contributed by atoms with van der Waals surface area (Å²) < 4.78 is 22.2. The predicted molar refractivity (Wildman–Crippen MR) is 64.0 cm³/mol. The number of sulfone groups is 1. The molecule has 16 heavy (non-hydrogen) atoms. The second kappa shape index (κ2) is 4.97. The number of rotatable bonds is 5. The average molecular weight is 245 g/mol. The molecular formula is C10H19N3O2S. The number of aromatic amines is 1. The van der Waals surface area contributed by atoms with Gasteiger partial charge in [-0.25, -0.2) is 8.42 Å². The second-order valence-corrected chi connectivity index (χ2v) is 6.52. The number of H-pyrrole nitrogens is 1. The van der Waals surface area contributed by atoms with Crippen LogP contribution < -0.4 is 5.32 Å². The number of hydrogen-bond acceptors (Lipinski definition) is 4. The van der Waals surface area contributed by atoms with Crippen molar-refractivity contribution >= 4 is 9.84 Å². The molecule has 0 aliphatic rings. The third-order valence-electron chi connectivity index (χ3n) is 2.42. The maximum Gasteiger partial charge on any atom is 0.148 e. The number of aromatic nitrogens is 2. The minimum atomic E-state index is -2.93. The summed E-state index contributed by atoms with van der Waals surface area (Å²) in [6.07, 6.45) is 3.01. The van der Waals surface area contributed by atoms with E-state index in [4.69, 9.17) is 0 Å². The molecule has 1 aromatic heterocycles. The Morgan fingerprint density at radius 2 is 2.12 bits per heavy atom. The van der Waals surface area contributed by atoms with Gasteiger partial charge in [0.2, 0.25) is 0 Å². The standard InChI is InChI=1S/C10H19N3O2S/c1-7(6-16(4,14)15)12-8(2)10-5-11-13-9(10)3/h5,7-8,12H,6H2,1-4H3,(H,11,13). The van der Waals surface area contributed by atoms with Gasteiger partial charge in [0.25, 0.3) is 0 Å². The zero-order valence-corrected chi connectivity index (χ0v) is 10.9. The summed E-state index contributed by atoms with van der Waals surface area (Å²) in [5.74, 6) is 0.147. The van der Waals surface area contributed by atoms with E-state index in [-0.39, 0.29) is 17.8 Å². The van der Waals surface area contributed by atoms with Crippen LogP contribution in [0, 0.1) is 6.92 Å². The molecule has 0 saturated heterocycles. The molecule has 0 spiro atoms. The lowest BCUT2D eigenvalue weighted by molar-refractivity contribution is 0.499. The molecule has 1 aromatic rings. The van der Waals surface area contributed by atoms with Crippen molar-refractivity contribution in [2.24, 2.45) is 0 Å². The molecule has 2 atom stereocenters. The Labute approximate surface area is 96.6 Å². The molecule has 0 aromatic carbocycles. The first-order chi connectivity index (χ1) is 7.29. The highest BCUT2D eigenvalue weighted by molar-refractivity contribution is 7.90. The van der Waals surface area contributed by atoms with Gasteiger partial charge in [-0.3, -0.25) is 5.10 Å². The molecule has 0 aliphatic heterocycles. The van der Waals surface area contributed by atoms with Crippen LogP contribution in [-0.4, -0.2) is 36.7 Å². The molecule has 1 rings (SSSR count). The van der Waals surface area contributed by atoms with Gasteiger partial charge in [-0.2, -0.15) is 5.10 Å². The van der Waals surface area contributed by atoms with Gasteiger partial charge in [-0.05, 0) is 20.8 Å². The van der Waals surface area contributed by atoms with Gasteiger partial charge in [0, 0.05) is 29.6 Å². The fourth-order valence-electron chi connectivity index (χ4n) is 1.82. The third kappa shape index (κ3) is 3.94. The summed E-state index contributed by atoms with van der Waals surface area (Å²) in [6.45, 7) is 5.81. The number of aryl methyl sites for hydroxylation is 1. The Balaban J connectivity index is 2.59. The van der Waals surface area contributed by atoms with Crippen molar-refractivity contribution in [3.63, 3.8) is 0 Å². The molecule has 0 bridgehead atoms. The highest BCUT2D eigenvalue weighted by atomic mass is 32.2. The number of hydrogen-bond donors (Lipinski definition) is 2. The van der Waals surface area contributed by atoms with Crippen LogP contribution in [0.2, 0.25) is 0 Å². The average Bonchev–Trinajstić information content (AvgIpc) is 2.47. The zero-order chi connectivity index (χ0) is 12.3. The van der Waals surface area contributed by atoms with Crippen LogP contribution >= 0.6 is 0 Å². The molecule has 0 radical (unpaired) electrons. The molecule has 0 aliphatic carbocycles. The Kier molecular flexibility index (Phi) is 4.09. The maximum atomic E-state index is 11.1. The molecule has 5 nitrogen and oxygen atoms in total. The lowest BCUT2D eigenvalue weighted by atomic mass is 10.1. The Morgan fingerprint density at radius 1 is 1.50 bits per heavy atom. The Bertz CT molecular complexity index is 439. The zero-order valence-electron chi connectivity index (χ0n) is 10.1. The van der Waals surface area contributed by atoms with E-state index >= 15 is 0 Å². The van der Waals surface area contributed by atoms with Crippen LogP contribution in [0.25, 0.3) is 0 Å². The minimum Gasteiger partial charge on any atom is -0.307 e. The van der Waals surface area contributed by atoms with Crippen LogP contribution in [0.4, 0.5) is 0 Å². The molecule has 6 heteroatoms. The van der Waals surface area contributed by atoms with E-state index in [0.29, 0.717) is 0 Å². The Morgan fingerprint density at radius 3 is 2.56 bits per heavy atom. The highest BCUT2D eigenvalue weighted by Crippen LogP contribution is 2.14. The first kappa shape index (κ1) is 13.2. The van der Waals surface area contributed by atoms with Gasteiger partial charge in [0.05, 0.1) is 11.9 Å². The summed E-state index contributed by atoms with van der Waals surface area (Å²) in [5.41, 5.74) is 2.08. The maximum absolute atomic E-state index is 11.1. The predicted octanol–water partition coefficient (Wildman–Crippen LogP) is 0.802. The van der Waals surface area contributed by atoms with Gasteiger partial charge in [0.1, 0.15) is 9.84 Å². The first-order valence-electron chi connectivity index (χ1n) is 5.23. The monoisotopic (exact) mass is 245 g/mol. The largest absolute Gasteiger partial charge is 0.307 e. The van der Waals surface area contributed by atoms with E-state index < -0.39 is 9.84 Å². The van der Waals surface area contributed by atoms with E-state index in [0.717, 1.165) is 11.3 Å². The fraction of sp³-hybridized carbons (Fsp3) is 0.700. The van der Waals surface area contributed by atoms with Crippen molar-refractivity contribution in [3.8, 4) is 0 Å².